The summed E-state index contributed by atoms with van der Waals surface area (Å²) >= 11 is 0. The van der Waals surface area contributed by atoms with E-state index < -0.39 is 0 Å². The molecule has 0 saturated carbocycles. The third kappa shape index (κ3) is 6.71. The Kier molecular flexibility index (Phi) is 10.2. The van der Waals surface area contributed by atoms with Gasteiger partial charge < -0.3 is 20.1 Å². The Morgan fingerprint density at radius 1 is 1.19 bits per heavy atom. The molecule has 2 saturated heterocycles. The van der Waals surface area contributed by atoms with E-state index in [4.69, 9.17) is 9.47 Å². The van der Waals surface area contributed by atoms with Crippen LogP contribution in [0.15, 0.2) is 18.2 Å². The van der Waals surface area contributed by atoms with E-state index in [1.165, 1.54) is 5.56 Å². The number of amides is 1. The topological polar surface area (TPSA) is 62.8 Å². The van der Waals surface area contributed by atoms with E-state index in [-0.39, 0.29) is 42.7 Å². The quantitative estimate of drug-likeness (QED) is 0.739. The molecule has 2 atom stereocenters. The second kappa shape index (κ2) is 11.6. The third-order valence-electron chi connectivity index (χ3n) is 5.10. The first-order valence-electron chi connectivity index (χ1n) is 9.13. The molecular formula is C19H31Cl2N3O3. The summed E-state index contributed by atoms with van der Waals surface area (Å²) in [4.78, 5) is 14.8. The van der Waals surface area contributed by atoms with Gasteiger partial charge in [-0.15, -0.1) is 24.8 Å². The maximum atomic E-state index is 12.4. The second-order valence-corrected chi connectivity index (χ2v) is 6.99. The normalized spacial score (nSPS) is 22.3. The Bertz CT molecular complexity index is 575. The van der Waals surface area contributed by atoms with Crippen LogP contribution in [0.25, 0.3) is 0 Å². The first-order valence-corrected chi connectivity index (χ1v) is 9.13. The van der Waals surface area contributed by atoms with Crippen LogP contribution in [0.1, 0.15) is 24.8 Å². The molecule has 2 heterocycles. The smallest absolute Gasteiger partial charge is 0.224 e. The molecule has 6 nitrogen and oxygen atoms in total. The number of rotatable bonds is 6. The lowest BCUT2D eigenvalue weighted by molar-refractivity contribution is -0.126. The molecular weight excluding hydrogens is 389 g/mol. The van der Waals surface area contributed by atoms with Gasteiger partial charge in [-0.3, -0.25) is 9.69 Å². The van der Waals surface area contributed by atoms with Crippen molar-refractivity contribution in [1.82, 2.24) is 15.5 Å². The molecule has 27 heavy (non-hydrogen) atoms. The van der Waals surface area contributed by atoms with E-state index in [9.17, 15) is 4.79 Å². The van der Waals surface area contributed by atoms with Gasteiger partial charge >= 0.3 is 0 Å². The van der Waals surface area contributed by atoms with E-state index in [2.05, 4.69) is 15.5 Å². The van der Waals surface area contributed by atoms with E-state index in [0.717, 1.165) is 63.5 Å². The van der Waals surface area contributed by atoms with Crippen LogP contribution in [0, 0.1) is 5.92 Å². The van der Waals surface area contributed by atoms with Crippen LogP contribution < -0.4 is 20.1 Å². The van der Waals surface area contributed by atoms with Gasteiger partial charge in [0.25, 0.3) is 0 Å². The molecule has 0 aromatic heterocycles. The summed E-state index contributed by atoms with van der Waals surface area (Å²) in [5, 5.41) is 6.55. The minimum absolute atomic E-state index is 0. The van der Waals surface area contributed by atoms with Crippen LogP contribution in [-0.4, -0.2) is 57.2 Å². The van der Waals surface area contributed by atoms with Crippen molar-refractivity contribution in [3.63, 3.8) is 0 Å². The molecule has 2 unspecified atom stereocenters. The average Bonchev–Trinajstić information content (AvgIpc) is 3.08. The van der Waals surface area contributed by atoms with Crippen molar-refractivity contribution in [3.8, 4) is 11.5 Å². The number of likely N-dealkylation sites (tertiary alicyclic amines) is 1. The number of carbonyl (C=O) groups is 1. The maximum Gasteiger partial charge on any atom is 0.224 e. The Labute approximate surface area is 174 Å². The SMILES string of the molecule is COc1cc(CN2CCC(NC(=O)C3CCCNC3)C2)cc(OC)c1.Cl.Cl. The van der Waals surface area contributed by atoms with Crippen LogP contribution in [0.4, 0.5) is 0 Å². The number of carbonyl (C=O) groups excluding carboxylic acids is 1. The van der Waals surface area contributed by atoms with Gasteiger partial charge in [-0.25, -0.2) is 0 Å². The highest BCUT2D eigenvalue weighted by molar-refractivity contribution is 5.85. The van der Waals surface area contributed by atoms with E-state index in [1.807, 2.05) is 18.2 Å². The number of nitrogens with one attached hydrogen (secondary N) is 2. The molecule has 2 N–H and O–H groups in total. The number of benzene rings is 1. The molecule has 154 valence electrons. The lowest BCUT2D eigenvalue weighted by Crippen LogP contribution is -2.45. The number of ether oxygens (including phenoxy) is 2. The summed E-state index contributed by atoms with van der Waals surface area (Å²) in [6, 6.07) is 6.22. The zero-order valence-corrected chi connectivity index (χ0v) is 17.7. The largest absolute Gasteiger partial charge is 0.497 e. The van der Waals surface area contributed by atoms with Crippen molar-refractivity contribution in [2.24, 2.45) is 5.92 Å². The van der Waals surface area contributed by atoms with Crippen molar-refractivity contribution in [1.29, 1.82) is 0 Å². The predicted molar refractivity (Wildman–Crippen MR) is 111 cm³/mol. The van der Waals surface area contributed by atoms with Gasteiger partial charge in [0.1, 0.15) is 11.5 Å². The number of methoxy groups -OCH3 is 2. The van der Waals surface area contributed by atoms with E-state index in [0.29, 0.717) is 0 Å². The molecule has 1 aromatic carbocycles. The minimum atomic E-state index is 0. The predicted octanol–water partition coefficient (Wildman–Crippen LogP) is 2.24. The van der Waals surface area contributed by atoms with Gasteiger partial charge in [0.05, 0.1) is 20.1 Å². The molecule has 0 bridgehead atoms. The Morgan fingerprint density at radius 3 is 2.48 bits per heavy atom. The number of hydrogen-bond donors (Lipinski definition) is 2. The Balaban J connectivity index is 0.00000182. The lowest BCUT2D eigenvalue weighted by Gasteiger charge is -2.24. The first kappa shape index (κ1) is 23.8. The highest BCUT2D eigenvalue weighted by atomic mass is 35.5. The van der Waals surface area contributed by atoms with Gasteiger partial charge in [-0.05, 0) is 43.5 Å². The number of hydrogen-bond acceptors (Lipinski definition) is 5. The van der Waals surface area contributed by atoms with Gasteiger partial charge in [0, 0.05) is 38.3 Å². The number of piperidine rings is 1. The summed E-state index contributed by atoms with van der Waals surface area (Å²) in [7, 11) is 3.33. The molecule has 1 aromatic rings. The molecule has 1 amide bonds. The van der Waals surface area contributed by atoms with Crippen molar-refractivity contribution in [2.75, 3.05) is 40.4 Å². The van der Waals surface area contributed by atoms with Crippen molar-refractivity contribution in [3.05, 3.63) is 23.8 Å². The fourth-order valence-electron chi connectivity index (χ4n) is 3.70. The summed E-state index contributed by atoms with van der Waals surface area (Å²) in [5.41, 5.74) is 1.17. The van der Waals surface area contributed by atoms with Crippen molar-refractivity contribution >= 4 is 30.7 Å². The van der Waals surface area contributed by atoms with Crippen molar-refractivity contribution < 1.29 is 14.3 Å². The summed E-state index contributed by atoms with van der Waals surface area (Å²) in [6.07, 6.45) is 3.10. The van der Waals surface area contributed by atoms with E-state index in [1.54, 1.807) is 14.2 Å². The van der Waals surface area contributed by atoms with Crippen LogP contribution in [0.5, 0.6) is 11.5 Å². The monoisotopic (exact) mass is 419 g/mol. The highest BCUT2D eigenvalue weighted by Gasteiger charge is 2.27. The molecule has 2 fully saturated rings. The molecule has 8 heteroatoms. The molecule has 3 rings (SSSR count). The summed E-state index contributed by atoms with van der Waals surface area (Å²) in [6.45, 7) is 4.57. The second-order valence-electron chi connectivity index (χ2n) is 6.99. The Morgan fingerprint density at radius 2 is 1.89 bits per heavy atom. The van der Waals surface area contributed by atoms with Gasteiger partial charge in [-0.2, -0.15) is 0 Å². The highest BCUT2D eigenvalue weighted by Crippen LogP contribution is 2.24. The van der Waals surface area contributed by atoms with Gasteiger partial charge in [-0.1, -0.05) is 0 Å². The Hall–Kier alpha value is -1.21. The zero-order chi connectivity index (χ0) is 17.6. The average molecular weight is 420 g/mol. The zero-order valence-electron chi connectivity index (χ0n) is 16.0. The van der Waals surface area contributed by atoms with Gasteiger partial charge in [0.2, 0.25) is 5.91 Å². The molecule has 2 aliphatic heterocycles. The minimum Gasteiger partial charge on any atom is -0.497 e. The fourth-order valence-corrected chi connectivity index (χ4v) is 3.70. The first-order chi connectivity index (χ1) is 12.2. The summed E-state index contributed by atoms with van der Waals surface area (Å²) in [5.74, 6) is 1.96. The molecule has 0 radical (unpaired) electrons. The van der Waals surface area contributed by atoms with Crippen LogP contribution in [-0.2, 0) is 11.3 Å². The van der Waals surface area contributed by atoms with Crippen molar-refractivity contribution in [2.45, 2.75) is 31.8 Å². The molecule has 0 aliphatic carbocycles. The summed E-state index contributed by atoms with van der Waals surface area (Å²) < 4.78 is 10.7. The van der Waals surface area contributed by atoms with Gasteiger partial charge in [0.15, 0.2) is 0 Å². The number of halogens is 2. The van der Waals surface area contributed by atoms with Crippen LogP contribution >= 0.6 is 24.8 Å². The molecule has 2 aliphatic rings. The lowest BCUT2D eigenvalue weighted by atomic mass is 9.98. The number of nitrogens with zero attached hydrogens (tertiary/aromatic N) is 1. The standard InChI is InChI=1S/C19H29N3O3.2ClH/c1-24-17-8-14(9-18(10-17)25-2)12-22-7-5-16(13-22)21-19(23)15-4-3-6-20-11-15;;/h8-10,15-16,20H,3-7,11-13H2,1-2H3,(H,21,23);2*1H. The maximum absolute atomic E-state index is 12.4. The fraction of sp³-hybridized carbons (Fsp3) is 0.632. The van der Waals surface area contributed by atoms with E-state index >= 15 is 0 Å². The third-order valence-corrected chi connectivity index (χ3v) is 5.10. The van der Waals surface area contributed by atoms with Crippen LogP contribution in [0.3, 0.4) is 0 Å². The van der Waals surface area contributed by atoms with Crippen LogP contribution in [0.2, 0.25) is 0 Å². The molecule has 0 spiro atoms.